The van der Waals surface area contributed by atoms with Crippen molar-refractivity contribution in [2.24, 2.45) is 0 Å². The molecule has 0 bridgehead atoms. The molecule has 1 aromatic heterocycles. The van der Waals surface area contributed by atoms with Crippen LogP contribution in [0.2, 0.25) is 5.15 Å². The van der Waals surface area contributed by atoms with Crippen LogP contribution in [0, 0.1) is 6.92 Å². The van der Waals surface area contributed by atoms with E-state index in [0.29, 0.717) is 5.15 Å². The van der Waals surface area contributed by atoms with E-state index in [9.17, 15) is 0 Å². The zero-order valence-corrected chi connectivity index (χ0v) is 13.5. The fraction of sp³-hybridized carbons (Fsp3) is 0.375. The highest BCUT2D eigenvalue weighted by molar-refractivity contribution is 6.30. The van der Waals surface area contributed by atoms with Gasteiger partial charge in [0, 0.05) is 17.5 Å². The average Bonchev–Trinajstić information content (AvgIpc) is 2.50. The van der Waals surface area contributed by atoms with Crippen LogP contribution in [0.1, 0.15) is 24.7 Å². The van der Waals surface area contributed by atoms with Gasteiger partial charge in [0.1, 0.15) is 22.5 Å². The highest BCUT2D eigenvalue weighted by atomic mass is 35.5. The highest BCUT2D eigenvalue weighted by Gasteiger charge is 2.15. The predicted molar refractivity (Wildman–Crippen MR) is 84.3 cm³/mol. The zero-order chi connectivity index (χ0) is 15.4. The summed E-state index contributed by atoms with van der Waals surface area (Å²) in [5.41, 5.74) is 2.48. The number of methoxy groups -OCH3 is 2. The molecule has 0 radical (unpaired) electrons. The molecule has 1 heterocycles. The van der Waals surface area contributed by atoms with Crippen molar-refractivity contribution in [3.8, 4) is 22.8 Å². The van der Waals surface area contributed by atoms with E-state index in [1.165, 1.54) is 0 Å². The number of aromatic nitrogens is 2. The molecule has 21 heavy (non-hydrogen) atoms. The Labute approximate surface area is 130 Å². The number of rotatable bonds is 5. The van der Waals surface area contributed by atoms with Crippen molar-refractivity contribution < 1.29 is 9.47 Å². The normalized spacial score (nSPS) is 10.5. The number of aryl methyl sites for hydroxylation is 1. The first-order chi connectivity index (χ1) is 10.1. The minimum absolute atomic E-state index is 0.480. The highest BCUT2D eigenvalue weighted by Crippen LogP contribution is 2.35. The second kappa shape index (κ2) is 6.76. The molecule has 0 aliphatic heterocycles. The average molecular weight is 307 g/mol. The summed E-state index contributed by atoms with van der Waals surface area (Å²) in [5.74, 6) is 2.22. The molecule has 112 valence electrons. The molecule has 0 aliphatic rings. The zero-order valence-electron chi connectivity index (χ0n) is 12.7. The molecule has 0 spiro atoms. The molecule has 2 rings (SSSR count). The summed E-state index contributed by atoms with van der Waals surface area (Å²) in [5, 5.41) is 0.480. The van der Waals surface area contributed by atoms with Gasteiger partial charge in [-0.3, -0.25) is 0 Å². The number of halogens is 1. The van der Waals surface area contributed by atoms with Crippen molar-refractivity contribution in [3.63, 3.8) is 0 Å². The molecule has 0 atom stereocenters. The maximum Gasteiger partial charge on any atom is 0.136 e. The predicted octanol–water partition coefficient (Wildman–Crippen LogP) is 4.08. The van der Waals surface area contributed by atoms with E-state index < -0.39 is 0 Å². The summed E-state index contributed by atoms with van der Waals surface area (Å²) in [6, 6.07) is 5.62. The van der Waals surface area contributed by atoms with Gasteiger partial charge in [0.25, 0.3) is 0 Å². The van der Waals surface area contributed by atoms with E-state index in [0.717, 1.165) is 47.0 Å². The Balaban J connectivity index is 2.64. The van der Waals surface area contributed by atoms with Crippen molar-refractivity contribution in [3.05, 3.63) is 34.7 Å². The Morgan fingerprint density at radius 2 is 1.90 bits per heavy atom. The molecule has 0 unspecified atom stereocenters. The summed E-state index contributed by atoms with van der Waals surface area (Å²) >= 11 is 6.25. The lowest BCUT2D eigenvalue weighted by atomic mass is 10.1. The molecule has 4 nitrogen and oxygen atoms in total. The fourth-order valence-corrected chi connectivity index (χ4v) is 2.32. The number of ether oxygens (including phenoxy) is 2. The summed E-state index contributed by atoms with van der Waals surface area (Å²) < 4.78 is 10.7. The van der Waals surface area contributed by atoms with Crippen LogP contribution < -0.4 is 9.47 Å². The van der Waals surface area contributed by atoms with E-state index in [4.69, 9.17) is 21.1 Å². The van der Waals surface area contributed by atoms with Crippen LogP contribution >= 0.6 is 11.6 Å². The van der Waals surface area contributed by atoms with E-state index in [2.05, 4.69) is 16.9 Å². The number of hydrogen-bond donors (Lipinski definition) is 0. The van der Waals surface area contributed by atoms with Crippen molar-refractivity contribution in [2.75, 3.05) is 14.2 Å². The van der Waals surface area contributed by atoms with Crippen LogP contribution in [-0.2, 0) is 6.42 Å². The summed E-state index contributed by atoms with van der Waals surface area (Å²) in [6.07, 6.45) is 1.76. The minimum atomic E-state index is 0.480. The third kappa shape index (κ3) is 3.27. The van der Waals surface area contributed by atoms with Crippen molar-refractivity contribution in [2.45, 2.75) is 26.7 Å². The Kier molecular flexibility index (Phi) is 5.02. The number of hydrogen-bond acceptors (Lipinski definition) is 4. The maximum atomic E-state index is 6.25. The van der Waals surface area contributed by atoms with Crippen LogP contribution in [0.25, 0.3) is 11.3 Å². The summed E-state index contributed by atoms with van der Waals surface area (Å²) in [6.45, 7) is 4.00. The van der Waals surface area contributed by atoms with Gasteiger partial charge < -0.3 is 9.47 Å². The molecule has 0 amide bonds. The van der Waals surface area contributed by atoms with Gasteiger partial charge in [0.15, 0.2) is 0 Å². The van der Waals surface area contributed by atoms with Crippen LogP contribution in [-0.4, -0.2) is 24.2 Å². The SMILES string of the molecule is CCCc1nc(Cl)c(C)c(-c2cc(OC)ccc2OC)n1. The molecule has 5 heteroatoms. The Hall–Kier alpha value is -1.81. The van der Waals surface area contributed by atoms with Gasteiger partial charge >= 0.3 is 0 Å². The Morgan fingerprint density at radius 1 is 1.14 bits per heavy atom. The molecule has 0 fully saturated rings. The summed E-state index contributed by atoms with van der Waals surface area (Å²) in [7, 11) is 3.27. The Bertz CT molecular complexity index is 644. The van der Waals surface area contributed by atoms with Crippen LogP contribution in [0.15, 0.2) is 18.2 Å². The smallest absolute Gasteiger partial charge is 0.136 e. The van der Waals surface area contributed by atoms with E-state index in [1.54, 1.807) is 14.2 Å². The lowest BCUT2D eigenvalue weighted by molar-refractivity contribution is 0.404. The molecular formula is C16H19ClN2O2. The molecular weight excluding hydrogens is 288 g/mol. The Morgan fingerprint density at radius 3 is 2.52 bits per heavy atom. The van der Waals surface area contributed by atoms with Crippen LogP contribution in [0.5, 0.6) is 11.5 Å². The maximum absolute atomic E-state index is 6.25. The lowest BCUT2D eigenvalue weighted by Crippen LogP contribution is -2.02. The first-order valence-corrected chi connectivity index (χ1v) is 7.23. The second-order valence-electron chi connectivity index (χ2n) is 4.72. The largest absolute Gasteiger partial charge is 0.497 e. The molecule has 2 aromatic rings. The first-order valence-electron chi connectivity index (χ1n) is 6.86. The van der Waals surface area contributed by atoms with Gasteiger partial charge in [-0.25, -0.2) is 9.97 Å². The number of benzene rings is 1. The molecule has 0 saturated carbocycles. The van der Waals surface area contributed by atoms with E-state index >= 15 is 0 Å². The van der Waals surface area contributed by atoms with Gasteiger partial charge in [-0.2, -0.15) is 0 Å². The van der Waals surface area contributed by atoms with Gasteiger partial charge in [-0.05, 0) is 31.5 Å². The topological polar surface area (TPSA) is 44.2 Å². The third-order valence-electron chi connectivity index (χ3n) is 3.27. The van der Waals surface area contributed by atoms with Gasteiger partial charge in [-0.15, -0.1) is 0 Å². The van der Waals surface area contributed by atoms with Gasteiger partial charge in [0.2, 0.25) is 0 Å². The number of nitrogens with zero attached hydrogens (tertiary/aromatic N) is 2. The quantitative estimate of drug-likeness (QED) is 0.781. The molecule has 0 aliphatic carbocycles. The second-order valence-corrected chi connectivity index (χ2v) is 5.08. The van der Waals surface area contributed by atoms with Crippen molar-refractivity contribution in [1.29, 1.82) is 0 Å². The van der Waals surface area contributed by atoms with Crippen LogP contribution in [0.3, 0.4) is 0 Å². The van der Waals surface area contributed by atoms with Crippen molar-refractivity contribution >= 4 is 11.6 Å². The van der Waals surface area contributed by atoms with Gasteiger partial charge in [-0.1, -0.05) is 18.5 Å². The molecule has 0 saturated heterocycles. The van der Waals surface area contributed by atoms with Crippen molar-refractivity contribution in [1.82, 2.24) is 9.97 Å². The standard InChI is InChI=1S/C16H19ClN2O2/c1-5-6-14-18-15(10(2)16(17)19-14)12-9-11(20-3)7-8-13(12)21-4/h7-9H,5-6H2,1-4H3. The molecule has 1 aromatic carbocycles. The first kappa shape index (κ1) is 15.6. The monoisotopic (exact) mass is 306 g/mol. The van der Waals surface area contributed by atoms with E-state index in [1.807, 2.05) is 25.1 Å². The molecule has 0 N–H and O–H groups in total. The lowest BCUT2D eigenvalue weighted by Gasteiger charge is -2.13. The third-order valence-corrected chi connectivity index (χ3v) is 3.64. The summed E-state index contributed by atoms with van der Waals surface area (Å²) in [4.78, 5) is 8.97. The van der Waals surface area contributed by atoms with E-state index in [-0.39, 0.29) is 0 Å². The van der Waals surface area contributed by atoms with Gasteiger partial charge in [0.05, 0.1) is 19.9 Å². The fourth-order valence-electron chi connectivity index (χ4n) is 2.13. The minimum Gasteiger partial charge on any atom is -0.497 e. The van der Waals surface area contributed by atoms with Crippen LogP contribution in [0.4, 0.5) is 0 Å².